The molecule has 2 nitrogen and oxygen atoms in total. The minimum absolute atomic E-state index is 0.212. The van der Waals surface area contributed by atoms with E-state index in [4.69, 9.17) is 0 Å². The molecule has 0 unspecified atom stereocenters. The Hall–Kier alpha value is -0.830. The van der Waals surface area contributed by atoms with Crippen LogP contribution in [0.15, 0.2) is 6.07 Å². The first-order valence-corrected chi connectivity index (χ1v) is 6.98. The van der Waals surface area contributed by atoms with E-state index in [0.717, 1.165) is 24.4 Å². The monoisotopic (exact) mass is 237 g/mol. The summed E-state index contributed by atoms with van der Waals surface area (Å²) in [6.07, 6.45) is 4.90. The van der Waals surface area contributed by atoms with Gasteiger partial charge >= 0.3 is 0 Å². The van der Waals surface area contributed by atoms with Crippen molar-refractivity contribution in [3.8, 4) is 0 Å². The predicted molar refractivity (Wildman–Crippen MR) is 68.2 cm³/mol. The number of fused-ring (bicyclic) bond motifs is 1. The van der Waals surface area contributed by atoms with Gasteiger partial charge in [-0.15, -0.1) is 11.3 Å². The fraction of sp³-hybridized carbons (Fsp3) is 0.615. The summed E-state index contributed by atoms with van der Waals surface area (Å²) in [6, 6.07) is 2.12. The van der Waals surface area contributed by atoms with E-state index in [1.54, 1.807) is 11.3 Å². The van der Waals surface area contributed by atoms with E-state index in [0.29, 0.717) is 0 Å². The zero-order chi connectivity index (χ0) is 11.5. The summed E-state index contributed by atoms with van der Waals surface area (Å²) in [5, 5.41) is 0. The van der Waals surface area contributed by atoms with Crippen molar-refractivity contribution in [3.05, 3.63) is 21.4 Å². The van der Waals surface area contributed by atoms with Crippen LogP contribution >= 0.6 is 11.3 Å². The number of hydrogen-bond acceptors (Lipinski definition) is 2. The van der Waals surface area contributed by atoms with Gasteiger partial charge in [0.2, 0.25) is 0 Å². The topological polar surface area (TPSA) is 20.3 Å². The van der Waals surface area contributed by atoms with E-state index in [9.17, 15) is 4.79 Å². The maximum absolute atomic E-state index is 12.2. The Morgan fingerprint density at radius 1 is 1.31 bits per heavy atom. The van der Waals surface area contributed by atoms with Gasteiger partial charge in [0.05, 0.1) is 4.88 Å². The molecule has 3 heteroatoms. The van der Waals surface area contributed by atoms with Crippen molar-refractivity contribution < 1.29 is 4.79 Å². The van der Waals surface area contributed by atoms with E-state index >= 15 is 0 Å². The molecule has 0 saturated heterocycles. The first kappa shape index (κ1) is 11.6. The summed E-state index contributed by atoms with van der Waals surface area (Å²) < 4.78 is 0. The first-order chi connectivity index (χ1) is 7.76. The van der Waals surface area contributed by atoms with Crippen LogP contribution in [0.25, 0.3) is 0 Å². The van der Waals surface area contributed by atoms with E-state index < -0.39 is 0 Å². The molecule has 1 aromatic rings. The van der Waals surface area contributed by atoms with Crippen molar-refractivity contribution in [2.45, 2.75) is 39.5 Å². The van der Waals surface area contributed by atoms with Crippen LogP contribution < -0.4 is 0 Å². The maximum atomic E-state index is 12.2. The van der Waals surface area contributed by atoms with Crippen LogP contribution in [0, 0.1) is 0 Å². The molecule has 1 heterocycles. The lowest BCUT2D eigenvalue weighted by molar-refractivity contribution is 0.0778. The summed E-state index contributed by atoms with van der Waals surface area (Å²) >= 11 is 1.71. The van der Waals surface area contributed by atoms with Crippen molar-refractivity contribution in [1.29, 1.82) is 0 Å². The Labute approximate surface area is 101 Å². The third-order valence-electron chi connectivity index (χ3n) is 3.26. The van der Waals surface area contributed by atoms with Crippen LogP contribution in [-0.2, 0) is 12.8 Å². The lowest BCUT2D eigenvalue weighted by Gasteiger charge is -2.17. The number of carbonyl (C=O) groups is 1. The third-order valence-corrected chi connectivity index (χ3v) is 4.48. The zero-order valence-corrected chi connectivity index (χ0v) is 10.9. The molecule has 1 aliphatic carbocycles. The first-order valence-electron chi connectivity index (χ1n) is 6.17. The Balaban J connectivity index is 2.20. The molecule has 0 bridgehead atoms. The molecule has 88 valence electrons. The van der Waals surface area contributed by atoms with Gasteiger partial charge in [0.15, 0.2) is 0 Å². The van der Waals surface area contributed by atoms with Crippen LogP contribution in [-0.4, -0.2) is 23.9 Å². The minimum Gasteiger partial charge on any atom is -0.339 e. The Morgan fingerprint density at radius 3 is 2.62 bits per heavy atom. The largest absolute Gasteiger partial charge is 0.339 e. The fourth-order valence-corrected chi connectivity index (χ4v) is 3.48. The Morgan fingerprint density at radius 2 is 2.00 bits per heavy atom. The lowest BCUT2D eigenvalue weighted by Crippen LogP contribution is -2.29. The molecule has 0 N–H and O–H groups in total. The zero-order valence-electron chi connectivity index (χ0n) is 10.1. The number of carbonyl (C=O) groups excluding carboxylic acids is 1. The highest BCUT2D eigenvalue weighted by Gasteiger charge is 2.19. The van der Waals surface area contributed by atoms with Crippen LogP contribution in [0.5, 0.6) is 0 Å². The maximum Gasteiger partial charge on any atom is 0.263 e. The highest BCUT2D eigenvalue weighted by Crippen LogP contribution is 2.30. The molecule has 1 amide bonds. The summed E-state index contributed by atoms with van der Waals surface area (Å²) in [4.78, 5) is 16.4. The van der Waals surface area contributed by atoms with Gasteiger partial charge in [-0.3, -0.25) is 4.79 Å². The van der Waals surface area contributed by atoms with Crippen LogP contribution in [0.2, 0.25) is 0 Å². The molecule has 0 atom stereocenters. The summed E-state index contributed by atoms with van der Waals surface area (Å²) in [5.41, 5.74) is 1.42. The number of nitrogens with zero attached hydrogens (tertiary/aromatic N) is 1. The molecule has 0 spiro atoms. The van der Waals surface area contributed by atoms with Crippen LogP contribution in [0.4, 0.5) is 0 Å². The highest BCUT2D eigenvalue weighted by atomic mass is 32.1. The molecule has 0 radical (unpaired) electrons. The van der Waals surface area contributed by atoms with Crippen LogP contribution in [0.1, 0.15) is 46.8 Å². The quantitative estimate of drug-likeness (QED) is 0.791. The number of rotatable bonds is 3. The Kier molecular flexibility index (Phi) is 3.64. The molecule has 16 heavy (non-hydrogen) atoms. The molecule has 0 aromatic carbocycles. The SMILES string of the molecule is CCN(CC)C(=O)c1cc2c(s1)CCCC2. The highest BCUT2D eigenvalue weighted by molar-refractivity contribution is 7.14. The van der Waals surface area contributed by atoms with E-state index in [1.807, 2.05) is 18.7 Å². The van der Waals surface area contributed by atoms with Crippen molar-refractivity contribution in [1.82, 2.24) is 4.90 Å². The molecule has 0 fully saturated rings. The van der Waals surface area contributed by atoms with Crippen molar-refractivity contribution in [2.24, 2.45) is 0 Å². The van der Waals surface area contributed by atoms with Gasteiger partial charge in [-0.25, -0.2) is 0 Å². The smallest absolute Gasteiger partial charge is 0.263 e. The average molecular weight is 237 g/mol. The Bertz CT molecular complexity index is 356. The molecule has 0 aliphatic heterocycles. The standard InChI is InChI=1S/C13H19NOS/c1-3-14(4-2)13(15)12-9-10-7-5-6-8-11(10)16-12/h9H,3-8H2,1-2H3. The van der Waals surface area contributed by atoms with Gasteiger partial charge in [-0.2, -0.15) is 0 Å². The van der Waals surface area contributed by atoms with Crippen LogP contribution in [0.3, 0.4) is 0 Å². The van der Waals surface area contributed by atoms with Crippen molar-refractivity contribution in [3.63, 3.8) is 0 Å². The van der Waals surface area contributed by atoms with Gasteiger partial charge in [0.1, 0.15) is 0 Å². The normalized spacial score (nSPS) is 14.6. The lowest BCUT2D eigenvalue weighted by atomic mass is 9.99. The summed E-state index contributed by atoms with van der Waals surface area (Å²) in [5.74, 6) is 0.212. The van der Waals surface area contributed by atoms with Crippen molar-refractivity contribution in [2.75, 3.05) is 13.1 Å². The average Bonchev–Trinajstić information content (AvgIpc) is 2.74. The second-order valence-corrected chi connectivity index (χ2v) is 5.38. The van der Waals surface area contributed by atoms with Gasteiger partial charge in [0, 0.05) is 18.0 Å². The van der Waals surface area contributed by atoms with E-state index in [1.165, 1.54) is 29.7 Å². The number of aryl methyl sites for hydroxylation is 2. The molecule has 1 aliphatic rings. The number of thiophene rings is 1. The van der Waals surface area contributed by atoms with Gasteiger partial charge in [-0.1, -0.05) is 0 Å². The second kappa shape index (κ2) is 5.00. The fourth-order valence-electron chi connectivity index (χ4n) is 2.26. The number of hydrogen-bond donors (Lipinski definition) is 0. The van der Waals surface area contributed by atoms with Gasteiger partial charge < -0.3 is 4.90 Å². The van der Waals surface area contributed by atoms with E-state index in [-0.39, 0.29) is 5.91 Å². The molecule has 1 aromatic heterocycles. The number of amides is 1. The second-order valence-electron chi connectivity index (χ2n) is 4.24. The van der Waals surface area contributed by atoms with Gasteiger partial charge in [-0.05, 0) is 51.2 Å². The summed E-state index contributed by atoms with van der Waals surface area (Å²) in [7, 11) is 0. The minimum atomic E-state index is 0.212. The van der Waals surface area contributed by atoms with Crippen molar-refractivity contribution >= 4 is 17.2 Å². The summed E-state index contributed by atoms with van der Waals surface area (Å²) in [6.45, 7) is 5.68. The van der Waals surface area contributed by atoms with Gasteiger partial charge in [0.25, 0.3) is 5.91 Å². The molecule has 2 rings (SSSR count). The third kappa shape index (κ3) is 2.14. The van der Waals surface area contributed by atoms with E-state index in [2.05, 4.69) is 6.07 Å². The predicted octanol–water partition coefficient (Wildman–Crippen LogP) is 3.11. The molecular formula is C13H19NOS. The molecule has 0 saturated carbocycles. The molecular weight excluding hydrogens is 218 g/mol.